The lowest BCUT2D eigenvalue weighted by Crippen LogP contribution is -2.09. The number of carbonyl (C=O) groups excluding carboxylic acids is 2. The van der Waals surface area contributed by atoms with E-state index >= 15 is 0 Å². The monoisotopic (exact) mass is 352 g/mol. The van der Waals surface area contributed by atoms with Gasteiger partial charge in [0.2, 0.25) is 11.8 Å². The van der Waals surface area contributed by atoms with Gasteiger partial charge >= 0.3 is 0 Å². The second-order valence-electron chi connectivity index (χ2n) is 5.95. The number of aryl methyl sites for hydroxylation is 1. The molecule has 0 saturated carbocycles. The largest absolute Gasteiger partial charge is 0.494 e. The first-order valence-corrected chi connectivity index (χ1v) is 8.58. The zero-order valence-corrected chi connectivity index (χ0v) is 15.3. The van der Waals surface area contributed by atoms with Crippen LogP contribution in [-0.2, 0) is 9.59 Å². The molecule has 0 aliphatic carbocycles. The van der Waals surface area contributed by atoms with Crippen molar-refractivity contribution in [1.82, 2.24) is 0 Å². The van der Waals surface area contributed by atoms with E-state index in [0.29, 0.717) is 6.61 Å². The molecular formula is C21H24N2O3. The Labute approximate surface area is 154 Å². The van der Waals surface area contributed by atoms with Gasteiger partial charge in [-0.3, -0.25) is 9.59 Å². The van der Waals surface area contributed by atoms with E-state index in [2.05, 4.69) is 17.6 Å². The van der Waals surface area contributed by atoms with Gasteiger partial charge in [-0.2, -0.15) is 0 Å². The van der Waals surface area contributed by atoms with Crippen LogP contribution in [0.1, 0.15) is 31.4 Å². The Balaban J connectivity index is 1.95. The van der Waals surface area contributed by atoms with Crippen LogP contribution in [0.4, 0.5) is 11.4 Å². The van der Waals surface area contributed by atoms with E-state index in [1.807, 2.05) is 37.3 Å². The molecular weight excluding hydrogens is 328 g/mol. The third kappa shape index (κ3) is 6.09. The highest BCUT2D eigenvalue weighted by atomic mass is 16.5. The minimum atomic E-state index is -0.207. The van der Waals surface area contributed by atoms with E-state index in [1.165, 1.54) is 13.0 Å². The molecule has 0 aromatic heterocycles. The predicted octanol–water partition coefficient (Wildman–Crippen LogP) is 4.39. The van der Waals surface area contributed by atoms with Crippen molar-refractivity contribution in [3.63, 3.8) is 0 Å². The second kappa shape index (κ2) is 9.42. The molecule has 0 heterocycles. The molecule has 5 heteroatoms. The number of ether oxygens (including phenoxy) is 1. The van der Waals surface area contributed by atoms with Gasteiger partial charge in [-0.05, 0) is 60.9 Å². The molecule has 0 spiro atoms. The van der Waals surface area contributed by atoms with Gasteiger partial charge < -0.3 is 15.4 Å². The fourth-order valence-electron chi connectivity index (χ4n) is 2.31. The average molecular weight is 352 g/mol. The highest BCUT2D eigenvalue weighted by molar-refractivity contribution is 6.02. The summed E-state index contributed by atoms with van der Waals surface area (Å²) in [5, 5.41) is 5.56. The van der Waals surface area contributed by atoms with E-state index in [4.69, 9.17) is 4.74 Å². The molecule has 5 nitrogen and oxygen atoms in total. The number of amides is 2. The molecule has 2 rings (SSSR count). The third-order valence-corrected chi connectivity index (χ3v) is 3.59. The Bertz CT molecular complexity index is 795. The van der Waals surface area contributed by atoms with Crippen LogP contribution in [0.3, 0.4) is 0 Å². The molecule has 26 heavy (non-hydrogen) atoms. The normalized spacial score (nSPS) is 10.6. The summed E-state index contributed by atoms with van der Waals surface area (Å²) in [5.41, 5.74) is 3.29. The molecule has 0 fully saturated rings. The molecule has 0 atom stereocenters. The second-order valence-corrected chi connectivity index (χ2v) is 5.95. The van der Waals surface area contributed by atoms with Crippen molar-refractivity contribution >= 4 is 29.3 Å². The number of hydrogen-bond donors (Lipinski definition) is 2. The maximum Gasteiger partial charge on any atom is 0.248 e. The molecule has 0 saturated heterocycles. The van der Waals surface area contributed by atoms with Crippen LogP contribution < -0.4 is 15.4 Å². The molecule has 0 aliphatic heterocycles. The van der Waals surface area contributed by atoms with Crippen molar-refractivity contribution in [3.8, 4) is 5.75 Å². The summed E-state index contributed by atoms with van der Waals surface area (Å²) in [4.78, 5) is 23.1. The SMILES string of the molecule is CCCOc1ccc(NC(=O)/C=C/c2ccc(NC(C)=O)cc2)c(C)c1. The molecule has 0 radical (unpaired) electrons. The van der Waals surface area contributed by atoms with Crippen LogP contribution in [-0.4, -0.2) is 18.4 Å². The highest BCUT2D eigenvalue weighted by Gasteiger charge is 2.04. The van der Waals surface area contributed by atoms with Gasteiger partial charge in [0.15, 0.2) is 0 Å². The molecule has 2 amide bonds. The Morgan fingerprint density at radius 2 is 1.81 bits per heavy atom. The summed E-state index contributed by atoms with van der Waals surface area (Å²) < 4.78 is 5.58. The van der Waals surface area contributed by atoms with Gasteiger partial charge in [0, 0.05) is 24.4 Å². The van der Waals surface area contributed by atoms with E-state index in [1.54, 1.807) is 18.2 Å². The lowest BCUT2D eigenvalue weighted by atomic mass is 10.1. The first-order chi connectivity index (χ1) is 12.5. The number of nitrogens with one attached hydrogen (secondary N) is 2. The van der Waals surface area contributed by atoms with Crippen molar-refractivity contribution in [3.05, 3.63) is 59.7 Å². The predicted molar refractivity (Wildman–Crippen MR) is 105 cm³/mol. The summed E-state index contributed by atoms with van der Waals surface area (Å²) >= 11 is 0. The van der Waals surface area contributed by atoms with Crippen molar-refractivity contribution in [2.75, 3.05) is 17.2 Å². The van der Waals surface area contributed by atoms with Gasteiger partial charge in [0.05, 0.1) is 6.61 Å². The van der Waals surface area contributed by atoms with Gasteiger partial charge in [-0.25, -0.2) is 0 Å². The molecule has 2 aromatic carbocycles. The molecule has 0 aliphatic rings. The molecule has 0 unspecified atom stereocenters. The maximum atomic E-state index is 12.1. The zero-order chi connectivity index (χ0) is 18.9. The minimum Gasteiger partial charge on any atom is -0.494 e. The van der Waals surface area contributed by atoms with Crippen LogP contribution >= 0.6 is 0 Å². The van der Waals surface area contributed by atoms with Gasteiger partial charge in [0.25, 0.3) is 0 Å². The first kappa shape index (κ1) is 19.2. The zero-order valence-electron chi connectivity index (χ0n) is 15.3. The first-order valence-electron chi connectivity index (χ1n) is 8.58. The smallest absolute Gasteiger partial charge is 0.248 e. The molecule has 2 aromatic rings. The Morgan fingerprint density at radius 3 is 2.42 bits per heavy atom. The molecule has 2 N–H and O–H groups in total. The van der Waals surface area contributed by atoms with Crippen LogP contribution in [0.15, 0.2) is 48.5 Å². The number of hydrogen-bond acceptors (Lipinski definition) is 3. The average Bonchev–Trinajstić information content (AvgIpc) is 2.61. The number of carbonyl (C=O) groups is 2. The van der Waals surface area contributed by atoms with E-state index in [0.717, 1.165) is 34.7 Å². The van der Waals surface area contributed by atoms with E-state index in [9.17, 15) is 9.59 Å². The lowest BCUT2D eigenvalue weighted by Gasteiger charge is -2.10. The fraction of sp³-hybridized carbons (Fsp3) is 0.238. The minimum absolute atomic E-state index is 0.117. The van der Waals surface area contributed by atoms with Gasteiger partial charge in [-0.15, -0.1) is 0 Å². The van der Waals surface area contributed by atoms with Crippen molar-refractivity contribution in [2.45, 2.75) is 27.2 Å². The van der Waals surface area contributed by atoms with Gasteiger partial charge in [-0.1, -0.05) is 19.1 Å². The Morgan fingerprint density at radius 1 is 1.08 bits per heavy atom. The summed E-state index contributed by atoms with van der Waals surface area (Å²) in [6.45, 7) is 6.12. The molecule has 0 bridgehead atoms. The van der Waals surface area contributed by atoms with Crippen LogP contribution in [0.2, 0.25) is 0 Å². The van der Waals surface area contributed by atoms with E-state index < -0.39 is 0 Å². The lowest BCUT2D eigenvalue weighted by molar-refractivity contribution is -0.114. The fourth-order valence-corrected chi connectivity index (χ4v) is 2.31. The van der Waals surface area contributed by atoms with Crippen molar-refractivity contribution in [2.24, 2.45) is 0 Å². The Kier molecular flexibility index (Phi) is 6.97. The third-order valence-electron chi connectivity index (χ3n) is 3.59. The molecule has 136 valence electrons. The quantitative estimate of drug-likeness (QED) is 0.726. The number of rotatable bonds is 7. The van der Waals surface area contributed by atoms with Crippen LogP contribution in [0.25, 0.3) is 6.08 Å². The number of benzene rings is 2. The van der Waals surface area contributed by atoms with Crippen molar-refractivity contribution < 1.29 is 14.3 Å². The topological polar surface area (TPSA) is 67.4 Å². The highest BCUT2D eigenvalue weighted by Crippen LogP contribution is 2.21. The summed E-state index contributed by atoms with van der Waals surface area (Å²) in [7, 11) is 0. The summed E-state index contributed by atoms with van der Waals surface area (Å²) in [6.07, 6.45) is 4.16. The summed E-state index contributed by atoms with van der Waals surface area (Å²) in [6, 6.07) is 12.9. The number of anilines is 2. The van der Waals surface area contributed by atoms with Crippen LogP contribution in [0.5, 0.6) is 5.75 Å². The summed E-state index contributed by atoms with van der Waals surface area (Å²) in [5.74, 6) is 0.479. The maximum absolute atomic E-state index is 12.1. The van der Waals surface area contributed by atoms with Crippen LogP contribution in [0, 0.1) is 6.92 Å². The van der Waals surface area contributed by atoms with Gasteiger partial charge in [0.1, 0.15) is 5.75 Å². The Hall–Kier alpha value is -3.08. The standard InChI is InChI=1S/C21H24N2O3/c1-4-13-26-19-10-11-20(15(2)14-19)23-21(25)12-7-17-5-8-18(9-6-17)22-16(3)24/h5-12,14H,4,13H2,1-3H3,(H,22,24)(H,23,25)/b12-7+. The van der Waals surface area contributed by atoms with E-state index in [-0.39, 0.29) is 11.8 Å². The van der Waals surface area contributed by atoms with Crippen molar-refractivity contribution in [1.29, 1.82) is 0 Å².